The van der Waals surface area contributed by atoms with Gasteiger partial charge >= 0.3 is 11.9 Å². The van der Waals surface area contributed by atoms with E-state index in [1.54, 1.807) is 0 Å². The highest BCUT2D eigenvalue weighted by molar-refractivity contribution is 5.86. The van der Waals surface area contributed by atoms with Crippen LogP contribution in [0.3, 0.4) is 0 Å². The second-order valence-corrected chi connectivity index (χ2v) is 9.41. The first-order chi connectivity index (χ1) is 14.3. The number of hydrogen-bond donors (Lipinski definition) is 0. The van der Waals surface area contributed by atoms with E-state index in [2.05, 4.69) is 13.8 Å². The summed E-state index contributed by atoms with van der Waals surface area (Å²) < 4.78 is 11.2. The Morgan fingerprint density at radius 3 is 1.37 bits per heavy atom. The maximum absolute atomic E-state index is 12.8. The molecule has 0 aromatic rings. The Balaban J connectivity index is 2.39. The number of carbonyl (C=O) groups excluding carboxylic acids is 2. The van der Waals surface area contributed by atoms with E-state index in [0.29, 0.717) is 26.1 Å². The molecule has 1 fully saturated rings. The SMILES string of the molecule is CCCCCCCCOC(=O)C1(C)CCC(C)(C(=O)OCCCCCCCC)N1C. The molecule has 176 valence electrons. The van der Waals surface area contributed by atoms with Crippen LogP contribution in [0.25, 0.3) is 0 Å². The third-order valence-corrected chi connectivity index (χ3v) is 6.92. The molecule has 0 aromatic carbocycles. The highest BCUT2D eigenvalue weighted by atomic mass is 16.5. The van der Waals surface area contributed by atoms with E-state index in [4.69, 9.17) is 9.47 Å². The Labute approximate surface area is 185 Å². The highest BCUT2D eigenvalue weighted by Crippen LogP contribution is 2.41. The van der Waals surface area contributed by atoms with Crippen molar-refractivity contribution in [3.63, 3.8) is 0 Å². The van der Waals surface area contributed by atoms with Crippen molar-refractivity contribution in [2.24, 2.45) is 0 Å². The number of likely N-dealkylation sites (tertiary alicyclic amines) is 1. The monoisotopic (exact) mass is 425 g/mol. The predicted octanol–water partition coefficient (Wildman–Crippen LogP) is 6.04. The zero-order valence-corrected chi connectivity index (χ0v) is 20.4. The van der Waals surface area contributed by atoms with Crippen LogP contribution in [0.15, 0.2) is 0 Å². The fraction of sp³-hybridized carbons (Fsp3) is 0.920. The molecule has 1 aliphatic heterocycles. The summed E-state index contributed by atoms with van der Waals surface area (Å²) in [5.74, 6) is -0.433. The molecule has 0 spiro atoms. The molecule has 1 rings (SSSR count). The van der Waals surface area contributed by atoms with E-state index in [1.807, 2.05) is 25.8 Å². The molecule has 1 saturated heterocycles. The van der Waals surface area contributed by atoms with Gasteiger partial charge in [0, 0.05) is 0 Å². The molecule has 2 unspecified atom stereocenters. The number of carbonyl (C=O) groups is 2. The van der Waals surface area contributed by atoms with Crippen LogP contribution in [0.5, 0.6) is 0 Å². The summed E-state index contributed by atoms with van der Waals surface area (Å²) in [7, 11) is 1.85. The van der Waals surface area contributed by atoms with Crippen molar-refractivity contribution >= 4 is 11.9 Å². The molecule has 1 aliphatic rings. The van der Waals surface area contributed by atoms with Gasteiger partial charge in [0.25, 0.3) is 0 Å². The molecule has 5 heteroatoms. The fourth-order valence-electron chi connectivity index (χ4n) is 4.25. The number of ether oxygens (including phenoxy) is 2. The summed E-state index contributed by atoms with van der Waals surface area (Å²) >= 11 is 0. The van der Waals surface area contributed by atoms with Crippen molar-refractivity contribution in [1.82, 2.24) is 4.90 Å². The van der Waals surface area contributed by atoms with Gasteiger partial charge in [-0.2, -0.15) is 0 Å². The first-order valence-electron chi connectivity index (χ1n) is 12.4. The van der Waals surface area contributed by atoms with Gasteiger partial charge in [0.05, 0.1) is 13.2 Å². The molecular weight excluding hydrogens is 378 g/mol. The van der Waals surface area contributed by atoms with Gasteiger partial charge < -0.3 is 9.47 Å². The van der Waals surface area contributed by atoms with Crippen molar-refractivity contribution in [3.8, 4) is 0 Å². The first kappa shape index (κ1) is 26.9. The number of esters is 2. The fourth-order valence-corrected chi connectivity index (χ4v) is 4.25. The van der Waals surface area contributed by atoms with Crippen LogP contribution >= 0.6 is 0 Å². The Morgan fingerprint density at radius 1 is 0.667 bits per heavy atom. The topological polar surface area (TPSA) is 55.8 Å². The summed E-state index contributed by atoms with van der Waals surface area (Å²) in [5, 5.41) is 0. The summed E-state index contributed by atoms with van der Waals surface area (Å²) in [5.41, 5.74) is -1.54. The molecule has 0 aliphatic carbocycles. The van der Waals surface area contributed by atoms with Crippen LogP contribution in [-0.2, 0) is 19.1 Å². The predicted molar refractivity (Wildman–Crippen MR) is 122 cm³/mol. The van der Waals surface area contributed by atoms with Gasteiger partial charge in [-0.05, 0) is 46.6 Å². The van der Waals surface area contributed by atoms with E-state index < -0.39 is 11.1 Å². The lowest BCUT2D eigenvalue weighted by atomic mass is 9.98. The van der Waals surface area contributed by atoms with Crippen molar-refractivity contribution in [2.45, 2.75) is 129 Å². The second-order valence-electron chi connectivity index (χ2n) is 9.41. The Morgan fingerprint density at radius 2 is 1.00 bits per heavy atom. The van der Waals surface area contributed by atoms with E-state index in [9.17, 15) is 9.59 Å². The number of likely N-dealkylation sites (N-methyl/N-ethyl adjacent to an activating group) is 1. The lowest BCUT2D eigenvalue weighted by molar-refractivity contribution is -0.164. The van der Waals surface area contributed by atoms with E-state index >= 15 is 0 Å². The zero-order chi connectivity index (χ0) is 22.5. The molecule has 2 atom stereocenters. The van der Waals surface area contributed by atoms with Gasteiger partial charge in [0.1, 0.15) is 11.1 Å². The standard InChI is InChI=1S/C25H47NO4/c1-6-8-10-12-14-16-20-29-22(27)24(3)18-19-25(4,26(24)5)23(28)30-21-17-15-13-11-9-7-2/h6-21H2,1-5H3. The molecular formula is C25H47NO4. The smallest absolute Gasteiger partial charge is 0.326 e. The average molecular weight is 426 g/mol. The van der Waals surface area contributed by atoms with Crippen LogP contribution in [0, 0.1) is 0 Å². The van der Waals surface area contributed by atoms with E-state index in [-0.39, 0.29) is 11.9 Å². The van der Waals surface area contributed by atoms with Gasteiger partial charge in [0.15, 0.2) is 0 Å². The highest BCUT2D eigenvalue weighted by Gasteiger charge is 2.57. The van der Waals surface area contributed by atoms with Gasteiger partial charge in [-0.15, -0.1) is 0 Å². The normalized spacial score (nSPS) is 24.2. The first-order valence-corrected chi connectivity index (χ1v) is 12.4. The molecule has 0 saturated carbocycles. The van der Waals surface area contributed by atoms with E-state index in [0.717, 1.165) is 25.7 Å². The van der Waals surface area contributed by atoms with Crippen LogP contribution in [0.4, 0.5) is 0 Å². The minimum absolute atomic E-state index is 0.217. The van der Waals surface area contributed by atoms with E-state index in [1.165, 1.54) is 51.4 Å². The Kier molecular flexibility index (Phi) is 12.6. The summed E-state index contributed by atoms with van der Waals surface area (Å²) in [4.78, 5) is 27.5. The van der Waals surface area contributed by atoms with Gasteiger partial charge in [-0.1, -0.05) is 78.1 Å². The third kappa shape index (κ3) is 7.86. The lowest BCUT2D eigenvalue weighted by Gasteiger charge is -2.37. The maximum atomic E-state index is 12.8. The zero-order valence-electron chi connectivity index (χ0n) is 20.4. The number of nitrogens with zero attached hydrogens (tertiary/aromatic N) is 1. The molecule has 30 heavy (non-hydrogen) atoms. The van der Waals surface area contributed by atoms with Crippen molar-refractivity contribution < 1.29 is 19.1 Å². The Bertz CT molecular complexity index is 465. The molecule has 0 aromatic heterocycles. The van der Waals surface area contributed by atoms with Gasteiger partial charge in [-0.3, -0.25) is 14.5 Å². The summed E-state index contributed by atoms with van der Waals surface area (Å²) in [6.07, 6.45) is 15.2. The molecule has 1 heterocycles. The summed E-state index contributed by atoms with van der Waals surface area (Å²) in [6, 6.07) is 0. The lowest BCUT2D eigenvalue weighted by Crippen LogP contribution is -2.57. The Hall–Kier alpha value is -1.10. The van der Waals surface area contributed by atoms with Crippen LogP contribution in [-0.4, -0.2) is 48.2 Å². The number of rotatable bonds is 16. The second kappa shape index (κ2) is 14.1. The minimum Gasteiger partial charge on any atom is -0.464 e. The molecule has 0 bridgehead atoms. The minimum atomic E-state index is -0.768. The van der Waals surface area contributed by atoms with Crippen LogP contribution in [0.1, 0.15) is 118 Å². The average Bonchev–Trinajstić information content (AvgIpc) is 2.98. The quantitative estimate of drug-likeness (QED) is 0.223. The third-order valence-electron chi connectivity index (χ3n) is 6.92. The maximum Gasteiger partial charge on any atom is 0.326 e. The van der Waals surface area contributed by atoms with Crippen LogP contribution < -0.4 is 0 Å². The van der Waals surface area contributed by atoms with Crippen molar-refractivity contribution in [2.75, 3.05) is 20.3 Å². The van der Waals surface area contributed by atoms with Crippen molar-refractivity contribution in [1.29, 1.82) is 0 Å². The molecule has 5 nitrogen and oxygen atoms in total. The van der Waals surface area contributed by atoms with Gasteiger partial charge in [0.2, 0.25) is 0 Å². The molecule has 0 amide bonds. The molecule has 0 radical (unpaired) electrons. The largest absolute Gasteiger partial charge is 0.464 e. The van der Waals surface area contributed by atoms with Crippen LogP contribution in [0.2, 0.25) is 0 Å². The number of hydrogen-bond acceptors (Lipinski definition) is 5. The van der Waals surface area contributed by atoms with Gasteiger partial charge in [-0.25, -0.2) is 0 Å². The summed E-state index contributed by atoms with van der Waals surface area (Å²) in [6.45, 7) is 9.13. The number of unbranched alkanes of at least 4 members (excludes halogenated alkanes) is 10. The van der Waals surface area contributed by atoms with Crippen molar-refractivity contribution in [3.05, 3.63) is 0 Å². The molecule has 0 N–H and O–H groups in total.